The summed E-state index contributed by atoms with van der Waals surface area (Å²) >= 11 is 0.999. The number of carbonyl (C=O) groups excluding carboxylic acids is 1. The van der Waals surface area contributed by atoms with Crippen LogP contribution in [0, 0.1) is 0 Å². The number of carbonyl (C=O) groups is 2. The van der Waals surface area contributed by atoms with Crippen LogP contribution in [0.2, 0.25) is 0 Å². The molecule has 110 valence electrons. The molecular weight excluding hydrogens is 294 g/mol. The average Bonchev–Trinajstić information content (AvgIpc) is 2.87. The number of aromatic carboxylic acids is 1. The monoisotopic (exact) mass is 307 g/mol. The summed E-state index contributed by atoms with van der Waals surface area (Å²) in [6.07, 6.45) is 1.50. The van der Waals surface area contributed by atoms with Crippen LogP contribution >= 0.6 is 11.5 Å². The van der Waals surface area contributed by atoms with Gasteiger partial charge in [-0.05, 0) is 30.1 Å². The van der Waals surface area contributed by atoms with E-state index >= 15 is 0 Å². The van der Waals surface area contributed by atoms with Gasteiger partial charge in [0.05, 0.1) is 5.69 Å². The van der Waals surface area contributed by atoms with E-state index in [1.807, 2.05) is 6.92 Å². The zero-order valence-corrected chi connectivity index (χ0v) is 12.0. The fourth-order valence-corrected chi connectivity index (χ4v) is 2.36. The number of aromatic nitrogens is 2. The third kappa shape index (κ3) is 3.34. The fourth-order valence-electron chi connectivity index (χ4n) is 1.76. The Kier molecular flexibility index (Phi) is 4.49. The molecule has 1 aromatic carbocycles. The highest BCUT2D eigenvalue weighted by Gasteiger charge is 2.17. The number of amides is 1. The molecule has 1 amide bonds. The van der Waals surface area contributed by atoms with E-state index in [0.717, 1.165) is 18.0 Å². The molecular formula is C13H13N3O4S. The first-order valence-electron chi connectivity index (χ1n) is 6.21. The molecule has 8 heteroatoms. The molecule has 2 rings (SSSR count). The van der Waals surface area contributed by atoms with E-state index in [-0.39, 0.29) is 11.5 Å². The number of benzene rings is 1. The Morgan fingerprint density at radius 1 is 1.38 bits per heavy atom. The number of nitrogens with one attached hydrogen (secondary N) is 1. The molecule has 0 atom stereocenters. The number of carboxylic acid groups (broad SMARTS) is 1. The predicted octanol–water partition coefficient (Wildman–Crippen LogP) is 2.15. The molecule has 3 N–H and O–H groups in total. The Balaban J connectivity index is 2.18. The van der Waals surface area contributed by atoms with Gasteiger partial charge < -0.3 is 15.5 Å². The van der Waals surface area contributed by atoms with E-state index in [2.05, 4.69) is 14.9 Å². The molecule has 0 bridgehead atoms. The van der Waals surface area contributed by atoms with Gasteiger partial charge in [0.1, 0.15) is 16.2 Å². The summed E-state index contributed by atoms with van der Waals surface area (Å²) in [6, 6.07) is 3.83. The summed E-state index contributed by atoms with van der Waals surface area (Å²) in [5.41, 5.74) is 0.712. The van der Waals surface area contributed by atoms with Crippen LogP contribution in [0.15, 0.2) is 18.2 Å². The van der Waals surface area contributed by atoms with Gasteiger partial charge in [-0.2, -0.15) is 0 Å². The van der Waals surface area contributed by atoms with Crippen molar-refractivity contribution >= 4 is 29.1 Å². The highest BCUT2D eigenvalue weighted by atomic mass is 32.1. The largest absolute Gasteiger partial charge is 0.507 e. The van der Waals surface area contributed by atoms with Crippen molar-refractivity contribution in [2.24, 2.45) is 0 Å². The van der Waals surface area contributed by atoms with Gasteiger partial charge >= 0.3 is 5.97 Å². The van der Waals surface area contributed by atoms with Crippen molar-refractivity contribution in [1.29, 1.82) is 0 Å². The number of carboxylic acids is 1. The van der Waals surface area contributed by atoms with Gasteiger partial charge in [-0.1, -0.05) is 17.8 Å². The lowest BCUT2D eigenvalue weighted by molar-refractivity contribution is 0.0693. The minimum Gasteiger partial charge on any atom is -0.507 e. The number of nitrogens with zero attached hydrogens (tertiary/aromatic N) is 2. The SMILES string of the molecule is CCCc1nnsc1C(=O)Nc1ccc(C(=O)O)c(O)c1. The molecule has 2 aromatic rings. The Labute approximate surface area is 124 Å². The van der Waals surface area contributed by atoms with E-state index in [1.165, 1.54) is 18.2 Å². The van der Waals surface area contributed by atoms with Gasteiger partial charge in [0, 0.05) is 11.8 Å². The fraction of sp³-hybridized carbons (Fsp3) is 0.231. The number of hydrogen-bond donors (Lipinski definition) is 3. The van der Waals surface area contributed by atoms with Gasteiger partial charge in [-0.3, -0.25) is 4.79 Å². The molecule has 0 fully saturated rings. The predicted molar refractivity (Wildman–Crippen MR) is 76.9 cm³/mol. The summed E-state index contributed by atoms with van der Waals surface area (Å²) in [6.45, 7) is 1.98. The average molecular weight is 307 g/mol. The minimum atomic E-state index is -1.23. The minimum absolute atomic E-state index is 0.223. The summed E-state index contributed by atoms with van der Waals surface area (Å²) in [5, 5.41) is 24.9. The van der Waals surface area contributed by atoms with Crippen LogP contribution < -0.4 is 5.32 Å². The van der Waals surface area contributed by atoms with Crippen molar-refractivity contribution in [3.05, 3.63) is 34.3 Å². The summed E-state index contributed by atoms with van der Waals surface area (Å²) < 4.78 is 3.76. The first-order valence-corrected chi connectivity index (χ1v) is 6.99. The zero-order chi connectivity index (χ0) is 15.4. The number of phenols is 1. The molecule has 0 aliphatic heterocycles. The molecule has 7 nitrogen and oxygen atoms in total. The smallest absolute Gasteiger partial charge is 0.339 e. The van der Waals surface area contributed by atoms with Crippen LogP contribution in [0.4, 0.5) is 5.69 Å². The van der Waals surface area contributed by atoms with E-state index in [4.69, 9.17) is 5.11 Å². The Morgan fingerprint density at radius 2 is 2.14 bits per heavy atom. The summed E-state index contributed by atoms with van der Waals surface area (Å²) in [7, 11) is 0. The van der Waals surface area contributed by atoms with E-state index in [1.54, 1.807) is 0 Å². The normalized spacial score (nSPS) is 10.3. The van der Waals surface area contributed by atoms with Crippen molar-refractivity contribution in [2.75, 3.05) is 5.32 Å². The third-order valence-electron chi connectivity index (χ3n) is 2.73. The summed E-state index contributed by atoms with van der Waals surface area (Å²) in [4.78, 5) is 23.3. The van der Waals surface area contributed by atoms with Gasteiger partial charge in [0.15, 0.2) is 0 Å². The molecule has 0 spiro atoms. The van der Waals surface area contributed by atoms with E-state index < -0.39 is 11.7 Å². The number of anilines is 1. The van der Waals surface area contributed by atoms with Crippen molar-refractivity contribution in [1.82, 2.24) is 9.59 Å². The topological polar surface area (TPSA) is 112 Å². The molecule has 0 aliphatic rings. The maximum Gasteiger partial charge on any atom is 0.339 e. The quantitative estimate of drug-likeness (QED) is 0.780. The lowest BCUT2D eigenvalue weighted by Gasteiger charge is -2.06. The van der Waals surface area contributed by atoms with Gasteiger partial charge in [-0.15, -0.1) is 5.10 Å². The van der Waals surface area contributed by atoms with Crippen LogP contribution in [-0.2, 0) is 6.42 Å². The van der Waals surface area contributed by atoms with Crippen LogP contribution in [0.5, 0.6) is 5.75 Å². The highest BCUT2D eigenvalue weighted by molar-refractivity contribution is 7.08. The highest BCUT2D eigenvalue weighted by Crippen LogP contribution is 2.23. The van der Waals surface area contributed by atoms with Gasteiger partial charge in [0.25, 0.3) is 5.91 Å². The maximum absolute atomic E-state index is 12.1. The number of hydrogen-bond acceptors (Lipinski definition) is 6. The second kappa shape index (κ2) is 6.31. The number of aryl methyl sites for hydroxylation is 1. The second-order valence-corrected chi connectivity index (χ2v) is 5.04. The second-order valence-electron chi connectivity index (χ2n) is 4.29. The molecule has 0 unspecified atom stereocenters. The van der Waals surface area contributed by atoms with E-state index in [9.17, 15) is 14.7 Å². The lowest BCUT2D eigenvalue weighted by atomic mass is 10.1. The van der Waals surface area contributed by atoms with E-state index in [0.29, 0.717) is 22.7 Å². The standard InChI is InChI=1S/C13H13N3O4S/c1-2-3-9-11(21-16-15-9)12(18)14-7-4-5-8(13(19)20)10(17)6-7/h4-6,17H,2-3H2,1H3,(H,14,18)(H,19,20). The van der Waals surface area contributed by atoms with Crippen molar-refractivity contribution in [3.8, 4) is 5.75 Å². The molecule has 0 saturated heterocycles. The third-order valence-corrected chi connectivity index (χ3v) is 3.50. The molecule has 0 aliphatic carbocycles. The van der Waals surface area contributed by atoms with Crippen molar-refractivity contribution < 1.29 is 19.8 Å². The lowest BCUT2D eigenvalue weighted by Crippen LogP contribution is -2.12. The first-order chi connectivity index (χ1) is 10.0. The summed E-state index contributed by atoms with van der Waals surface area (Å²) in [5.74, 6) is -2.02. The Hall–Kier alpha value is -2.48. The number of aromatic hydroxyl groups is 1. The van der Waals surface area contributed by atoms with Crippen molar-refractivity contribution in [2.45, 2.75) is 19.8 Å². The van der Waals surface area contributed by atoms with Crippen LogP contribution in [0.3, 0.4) is 0 Å². The van der Waals surface area contributed by atoms with Gasteiger partial charge in [-0.25, -0.2) is 4.79 Å². The maximum atomic E-state index is 12.1. The molecule has 1 heterocycles. The molecule has 0 saturated carbocycles. The van der Waals surface area contributed by atoms with Crippen LogP contribution in [0.25, 0.3) is 0 Å². The molecule has 1 aromatic heterocycles. The number of rotatable bonds is 5. The van der Waals surface area contributed by atoms with Crippen molar-refractivity contribution in [3.63, 3.8) is 0 Å². The Bertz CT molecular complexity index is 684. The van der Waals surface area contributed by atoms with Crippen LogP contribution in [0.1, 0.15) is 39.1 Å². The first kappa shape index (κ1) is 14.9. The zero-order valence-electron chi connectivity index (χ0n) is 11.2. The van der Waals surface area contributed by atoms with Crippen LogP contribution in [-0.4, -0.2) is 31.7 Å². The van der Waals surface area contributed by atoms with Gasteiger partial charge in [0.2, 0.25) is 0 Å². The molecule has 0 radical (unpaired) electrons. The Morgan fingerprint density at radius 3 is 2.76 bits per heavy atom. The molecule has 21 heavy (non-hydrogen) atoms.